The lowest BCUT2D eigenvalue weighted by molar-refractivity contribution is -0.339. The van der Waals surface area contributed by atoms with Gasteiger partial charge in [-0.3, -0.25) is 4.79 Å². The van der Waals surface area contributed by atoms with Crippen LogP contribution in [-0.2, 0) is 54.1 Å². The smallest absolute Gasteiger partial charge is 0.305 e. The number of benzene rings is 3. The van der Waals surface area contributed by atoms with Gasteiger partial charge in [-0.1, -0.05) is 96.1 Å². The Bertz CT molecular complexity index is 1470. The molecule has 10 nitrogen and oxygen atoms in total. The number of nitrogens with zero attached hydrogens (tertiary/aromatic N) is 4. The highest BCUT2D eigenvalue weighted by atomic mass is 32.1. The van der Waals surface area contributed by atoms with Gasteiger partial charge >= 0.3 is 5.97 Å². The summed E-state index contributed by atoms with van der Waals surface area (Å²) in [5, 5.41) is 6.15. The second-order valence-electron chi connectivity index (χ2n) is 9.93. The summed E-state index contributed by atoms with van der Waals surface area (Å²) in [7, 11) is 0. The van der Waals surface area contributed by atoms with Gasteiger partial charge in [0.2, 0.25) is 0 Å². The van der Waals surface area contributed by atoms with Gasteiger partial charge in [-0.15, -0.1) is 11.3 Å². The minimum Gasteiger partial charge on any atom is -0.425 e. The van der Waals surface area contributed by atoms with E-state index < -0.39 is 36.1 Å². The largest absolute Gasteiger partial charge is 0.425 e. The van der Waals surface area contributed by atoms with Gasteiger partial charge < -0.3 is 23.7 Å². The van der Waals surface area contributed by atoms with E-state index in [2.05, 4.69) is 15.0 Å². The maximum Gasteiger partial charge on any atom is 0.305 e. The van der Waals surface area contributed by atoms with Gasteiger partial charge in [0.05, 0.1) is 26.4 Å². The first-order valence-corrected chi connectivity index (χ1v) is 14.7. The van der Waals surface area contributed by atoms with Gasteiger partial charge in [0.15, 0.2) is 5.01 Å². The summed E-state index contributed by atoms with van der Waals surface area (Å²) in [6.07, 6.45) is -0.928. The summed E-state index contributed by atoms with van der Waals surface area (Å²) in [5.74, 6) is -2.51. The Hall–Kier alpha value is -4.09. The molecule has 2 heterocycles. The Morgan fingerprint density at radius 3 is 1.98 bits per heavy atom. The molecule has 1 aliphatic heterocycles. The minimum atomic E-state index is -1.87. The van der Waals surface area contributed by atoms with Crippen LogP contribution in [0.4, 0.5) is 0 Å². The van der Waals surface area contributed by atoms with Crippen molar-refractivity contribution in [2.45, 2.75) is 56.9 Å². The highest BCUT2D eigenvalue weighted by molar-refractivity contribution is 7.09. The molecule has 0 saturated carbocycles. The normalized spacial score (nSPS) is 23.3. The number of hydrogen-bond acceptors (Lipinski definition) is 9. The molecule has 0 spiro atoms. The van der Waals surface area contributed by atoms with Crippen LogP contribution in [0.1, 0.15) is 28.6 Å². The van der Waals surface area contributed by atoms with Gasteiger partial charge in [-0.2, -0.15) is 0 Å². The summed E-state index contributed by atoms with van der Waals surface area (Å²) < 4.78 is 31.7. The Labute approximate surface area is 253 Å². The van der Waals surface area contributed by atoms with Gasteiger partial charge in [0.1, 0.15) is 24.4 Å². The molecule has 0 aliphatic carbocycles. The van der Waals surface area contributed by atoms with Crippen LogP contribution in [0.25, 0.3) is 10.4 Å². The quantitative estimate of drug-likeness (QED) is 0.0760. The van der Waals surface area contributed by atoms with Crippen LogP contribution in [0.5, 0.6) is 0 Å². The fourth-order valence-corrected chi connectivity index (χ4v) is 5.75. The van der Waals surface area contributed by atoms with Crippen molar-refractivity contribution >= 4 is 17.3 Å². The van der Waals surface area contributed by atoms with Gasteiger partial charge in [0.25, 0.3) is 5.79 Å². The maximum absolute atomic E-state index is 12.6. The van der Waals surface area contributed by atoms with E-state index in [0.29, 0.717) is 11.6 Å². The highest BCUT2D eigenvalue weighted by Gasteiger charge is 2.60. The molecule has 0 unspecified atom stereocenters. The predicted octanol–water partition coefficient (Wildman–Crippen LogP) is 6.32. The summed E-state index contributed by atoms with van der Waals surface area (Å²) >= 11 is 1.22. The molecule has 3 aromatic carbocycles. The Balaban J connectivity index is 1.54. The van der Waals surface area contributed by atoms with E-state index in [1.807, 2.05) is 91.0 Å². The maximum atomic E-state index is 12.6. The summed E-state index contributed by atoms with van der Waals surface area (Å²) in [6.45, 7) is 2.07. The molecule has 5 rings (SSSR count). The van der Waals surface area contributed by atoms with Crippen LogP contribution < -0.4 is 0 Å². The Kier molecular flexibility index (Phi) is 10.5. The SMILES string of the molecule is CC(=O)O[C@]1(c2nccs2)O[C@H](COCc2ccccc2)[C@H](OCc2ccccc2)[C@H](OCc2ccccc2)[C@H]1N=[N+]=[N-]. The van der Waals surface area contributed by atoms with Crippen molar-refractivity contribution in [2.24, 2.45) is 5.11 Å². The third-order valence-corrected chi connectivity index (χ3v) is 7.75. The van der Waals surface area contributed by atoms with Crippen molar-refractivity contribution in [3.8, 4) is 0 Å². The molecule has 1 fully saturated rings. The lowest BCUT2D eigenvalue weighted by atomic mass is 9.90. The van der Waals surface area contributed by atoms with E-state index in [0.717, 1.165) is 16.7 Å². The van der Waals surface area contributed by atoms with E-state index in [1.54, 1.807) is 11.6 Å². The number of carbonyl (C=O) groups is 1. The topological polar surface area (TPSA) is 125 Å². The number of thiazole rings is 1. The average Bonchev–Trinajstić information content (AvgIpc) is 3.58. The first-order valence-electron chi connectivity index (χ1n) is 13.8. The second kappa shape index (κ2) is 14.9. The number of carbonyl (C=O) groups excluding carboxylic acids is 1. The molecular weight excluding hydrogens is 568 g/mol. The van der Waals surface area contributed by atoms with Crippen molar-refractivity contribution in [3.05, 3.63) is 135 Å². The molecule has 0 N–H and O–H groups in total. The summed E-state index contributed by atoms with van der Waals surface area (Å²) in [4.78, 5) is 20.1. The van der Waals surface area contributed by atoms with Crippen molar-refractivity contribution in [3.63, 3.8) is 0 Å². The molecule has 4 aromatic rings. The van der Waals surface area contributed by atoms with E-state index >= 15 is 0 Å². The van der Waals surface area contributed by atoms with Crippen LogP contribution in [0.15, 0.2) is 108 Å². The first kappa shape index (κ1) is 30.4. The van der Waals surface area contributed by atoms with E-state index in [9.17, 15) is 10.3 Å². The average molecular weight is 601 g/mol. The Morgan fingerprint density at radius 1 is 0.907 bits per heavy atom. The first-order chi connectivity index (χ1) is 21.1. The number of esters is 1. The molecule has 5 atom stereocenters. The molecule has 1 aromatic heterocycles. The highest BCUT2D eigenvalue weighted by Crippen LogP contribution is 2.45. The number of hydrogen-bond donors (Lipinski definition) is 0. The molecule has 11 heteroatoms. The van der Waals surface area contributed by atoms with E-state index in [-0.39, 0.29) is 19.8 Å². The van der Waals surface area contributed by atoms with E-state index in [4.69, 9.17) is 23.7 Å². The fraction of sp³-hybridized carbons (Fsp3) is 0.312. The van der Waals surface area contributed by atoms with Crippen LogP contribution >= 0.6 is 11.3 Å². The number of azide groups is 1. The van der Waals surface area contributed by atoms with Crippen molar-refractivity contribution in [1.82, 2.24) is 4.98 Å². The number of aromatic nitrogens is 1. The summed E-state index contributed by atoms with van der Waals surface area (Å²) in [5.41, 5.74) is 12.6. The molecule has 0 radical (unpaired) electrons. The van der Waals surface area contributed by atoms with Crippen molar-refractivity contribution in [1.29, 1.82) is 0 Å². The monoisotopic (exact) mass is 600 g/mol. The zero-order chi connectivity index (χ0) is 29.9. The third kappa shape index (κ3) is 7.66. The molecule has 43 heavy (non-hydrogen) atoms. The Morgan fingerprint density at radius 2 is 1.47 bits per heavy atom. The van der Waals surface area contributed by atoms with Crippen LogP contribution in [-0.4, -0.2) is 41.9 Å². The molecule has 1 aliphatic rings. The lowest BCUT2D eigenvalue weighted by Gasteiger charge is -2.49. The summed E-state index contributed by atoms with van der Waals surface area (Å²) in [6, 6.07) is 27.9. The van der Waals surface area contributed by atoms with Gasteiger partial charge in [0, 0.05) is 23.4 Å². The second-order valence-corrected chi connectivity index (χ2v) is 10.8. The van der Waals surface area contributed by atoms with Crippen molar-refractivity contribution in [2.75, 3.05) is 6.61 Å². The molecule has 1 saturated heterocycles. The van der Waals surface area contributed by atoms with Crippen LogP contribution in [0.2, 0.25) is 0 Å². The predicted molar refractivity (Wildman–Crippen MR) is 160 cm³/mol. The van der Waals surface area contributed by atoms with Gasteiger partial charge in [-0.05, 0) is 22.2 Å². The van der Waals surface area contributed by atoms with Crippen LogP contribution in [0.3, 0.4) is 0 Å². The fourth-order valence-electron chi connectivity index (χ4n) is 5.00. The zero-order valence-electron chi connectivity index (χ0n) is 23.6. The molecule has 222 valence electrons. The number of ether oxygens (including phenoxy) is 5. The molecule has 0 amide bonds. The minimum absolute atomic E-state index is 0.0664. The van der Waals surface area contributed by atoms with Gasteiger partial charge in [-0.25, -0.2) is 4.98 Å². The molecular formula is C32H32N4O6S. The lowest BCUT2D eigenvalue weighted by Crippen LogP contribution is -2.65. The van der Waals surface area contributed by atoms with Crippen molar-refractivity contribution < 1.29 is 28.5 Å². The zero-order valence-corrected chi connectivity index (χ0v) is 24.4. The number of rotatable bonds is 13. The molecule has 0 bridgehead atoms. The standard InChI is InChI=1S/C32H32N4O6S/c1-23(37)41-32(31-34-17-18-43-31)30(35-36-33)29(40-21-26-15-9-4-10-16-26)28(39-20-25-13-7-3-8-14-25)27(42-32)22-38-19-24-11-5-2-6-12-24/h2-18,27-30H,19-22H2,1H3/t27-,28+,29+,30-,32+/m1/s1. The third-order valence-electron chi connectivity index (χ3n) is 6.88. The van der Waals surface area contributed by atoms with E-state index in [1.165, 1.54) is 18.3 Å². The van der Waals surface area contributed by atoms with Crippen LogP contribution in [0, 0.1) is 0 Å².